The van der Waals surface area contributed by atoms with Crippen molar-refractivity contribution in [3.8, 4) is 11.1 Å². The van der Waals surface area contributed by atoms with Gasteiger partial charge in [0.2, 0.25) is 0 Å². The van der Waals surface area contributed by atoms with E-state index in [0.29, 0.717) is 0 Å². The van der Waals surface area contributed by atoms with E-state index in [1.165, 1.54) is 48.1 Å². The molecule has 0 unspecified atom stereocenters. The molecule has 8 aromatic rings. The molecule has 0 fully saturated rings. The van der Waals surface area contributed by atoms with Gasteiger partial charge in [0.1, 0.15) is 0 Å². The number of anilines is 3. The second-order valence-corrected chi connectivity index (χ2v) is 11.8. The SMILES string of the molecule is Clc1cc(N(c2ccccc2)c2ccc3cc(-c4ccccc4)ccc3c2)cc2c1sc1cc3ccccc3cc12. The molecule has 1 nitrogen and oxygen atoms in total. The molecule has 0 bridgehead atoms. The molecule has 194 valence electrons. The quantitative estimate of drug-likeness (QED) is 0.206. The van der Waals surface area contributed by atoms with Gasteiger partial charge in [0.25, 0.3) is 0 Å². The van der Waals surface area contributed by atoms with Crippen LogP contribution in [0, 0.1) is 0 Å². The summed E-state index contributed by atoms with van der Waals surface area (Å²) >= 11 is 8.80. The lowest BCUT2D eigenvalue weighted by atomic mass is 10.0. The summed E-state index contributed by atoms with van der Waals surface area (Å²) in [6.07, 6.45) is 0. The molecule has 0 radical (unpaired) electrons. The number of nitrogens with zero attached hydrogens (tertiary/aromatic N) is 1. The molecule has 41 heavy (non-hydrogen) atoms. The Labute approximate surface area is 247 Å². The first kappa shape index (κ1) is 24.2. The highest BCUT2D eigenvalue weighted by atomic mass is 35.5. The Morgan fingerprint density at radius 2 is 1.10 bits per heavy atom. The normalized spacial score (nSPS) is 11.5. The van der Waals surface area contributed by atoms with E-state index in [1.54, 1.807) is 11.3 Å². The van der Waals surface area contributed by atoms with E-state index < -0.39 is 0 Å². The second-order valence-electron chi connectivity index (χ2n) is 10.4. The van der Waals surface area contributed by atoms with E-state index in [0.717, 1.165) is 26.8 Å². The summed E-state index contributed by atoms with van der Waals surface area (Å²) in [4.78, 5) is 2.31. The highest BCUT2D eigenvalue weighted by Crippen LogP contribution is 2.45. The maximum absolute atomic E-state index is 7.04. The van der Waals surface area contributed by atoms with Crippen molar-refractivity contribution < 1.29 is 0 Å². The first-order valence-corrected chi connectivity index (χ1v) is 14.9. The van der Waals surface area contributed by atoms with Gasteiger partial charge in [0.15, 0.2) is 0 Å². The van der Waals surface area contributed by atoms with Gasteiger partial charge in [-0.1, -0.05) is 103 Å². The maximum atomic E-state index is 7.04. The van der Waals surface area contributed by atoms with E-state index in [9.17, 15) is 0 Å². The zero-order valence-electron chi connectivity index (χ0n) is 22.1. The standard InChI is InChI=1S/C38H24ClNS/c39-36-24-33(23-35-34-21-26-11-7-8-12-27(26)22-37(34)41-38(35)36)40(31-13-5-2-6-14-31)32-18-17-29-19-28(15-16-30(29)20-32)25-9-3-1-4-10-25/h1-24H. The van der Waals surface area contributed by atoms with Crippen LogP contribution in [0.2, 0.25) is 5.02 Å². The van der Waals surface area contributed by atoms with Crippen LogP contribution in [0.15, 0.2) is 146 Å². The molecule has 0 N–H and O–H groups in total. The predicted octanol–water partition coefficient (Wildman–Crippen LogP) is 12.2. The lowest BCUT2D eigenvalue weighted by molar-refractivity contribution is 1.30. The monoisotopic (exact) mass is 561 g/mol. The van der Waals surface area contributed by atoms with Crippen molar-refractivity contribution in [2.75, 3.05) is 4.90 Å². The summed E-state index contributed by atoms with van der Waals surface area (Å²) in [7, 11) is 0. The minimum absolute atomic E-state index is 0.775. The van der Waals surface area contributed by atoms with Gasteiger partial charge in [-0.25, -0.2) is 0 Å². The number of benzene rings is 7. The van der Waals surface area contributed by atoms with Crippen LogP contribution in [0.25, 0.3) is 52.8 Å². The number of hydrogen-bond acceptors (Lipinski definition) is 2. The van der Waals surface area contributed by atoms with Crippen LogP contribution < -0.4 is 4.90 Å². The highest BCUT2D eigenvalue weighted by molar-refractivity contribution is 7.26. The Morgan fingerprint density at radius 3 is 1.90 bits per heavy atom. The summed E-state index contributed by atoms with van der Waals surface area (Å²) in [6.45, 7) is 0. The molecule has 1 heterocycles. The minimum Gasteiger partial charge on any atom is -0.310 e. The Kier molecular flexibility index (Phi) is 5.77. The molecule has 0 aliphatic carbocycles. The molecule has 0 aliphatic rings. The van der Waals surface area contributed by atoms with Gasteiger partial charge >= 0.3 is 0 Å². The molecular weight excluding hydrogens is 538 g/mol. The number of halogens is 1. The lowest BCUT2D eigenvalue weighted by Crippen LogP contribution is -2.09. The zero-order valence-corrected chi connectivity index (χ0v) is 23.7. The van der Waals surface area contributed by atoms with Gasteiger partial charge in [0.05, 0.1) is 9.72 Å². The molecule has 0 saturated carbocycles. The smallest absolute Gasteiger partial charge is 0.0605 e. The largest absolute Gasteiger partial charge is 0.310 e. The van der Waals surface area contributed by atoms with E-state index in [1.807, 2.05) is 0 Å². The Balaban J connectivity index is 1.31. The number of fused-ring (bicyclic) bond motifs is 5. The third-order valence-electron chi connectivity index (χ3n) is 7.84. The van der Waals surface area contributed by atoms with Gasteiger partial charge in [-0.2, -0.15) is 0 Å². The lowest BCUT2D eigenvalue weighted by Gasteiger charge is -2.26. The third kappa shape index (κ3) is 4.24. The molecule has 0 amide bonds. The van der Waals surface area contributed by atoms with Crippen LogP contribution in [0.4, 0.5) is 17.1 Å². The number of rotatable bonds is 4. The average Bonchev–Trinajstić information content (AvgIpc) is 3.39. The number of thiophene rings is 1. The maximum Gasteiger partial charge on any atom is 0.0605 e. The number of hydrogen-bond donors (Lipinski definition) is 0. The first-order chi connectivity index (χ1) is 20.2. The van der Waals surface area contributed by atoms with Crippen molar-refractivity contribution in [2.45, 2.75) is 0 Å². The number of para-hydroxylation sites is 1. The summed E-state index contributed by atoms with van der Waals surface area (Å²) in [6, 6.07) is 52.0. The van der Waals surface area contributed by atoms with Crippen molar-refractivity contribution in [3.63, 3.8) is 0 Å². The summed E-state index contributed by atoms with van der Waals surface area (Å²) in [5.74, 6) is 0. The predicted molar refractivity (Wildman–Crippen MR) is 179 cm³/mol. The Bertz CT molecular complexity index is 2220. The van der Waals surface area contributed by atoms with Crippen LogP contribution in [-0.4, -0.2) is 0 Å². The summed E-state index contributed by atoms with van der Waals surface area (Å²) in [5.41, 5.74) is 5.68. The third-order valence-corrected chi connectivity index (χ3v) is 9.45. The Morgan fingerprint density at radius 1 is 0.439 bits per heavy atom. The van der Waals surface area contributed by atoms with Crippen LogP contribution >= 0.6 is 22.9 Å². The van der Waals surface area contributed by atoms with Gasteiger partial charge in [0, 0.05) is 32.5 Å². The molecule has 0 atom stereocenters. The zero-order chi connectivity index (χ0) is 27.3. The van der Waals surface area contributed by atoms with Crippen LogP contribution in [-0.2, 0) is 0 Å². The molecule has 7 aromatic carbocycles. The fourth-order valence-corrected chi connectivity index (χ4v) is 7.29. The van der Waals surface area contributed by atoms with E-state index in [4.69, 9.17) is 11.6 Å². The second kappa shape index (κ2) is 9.78. The molecule has 3 heteroatoms. The molecule has 0 spiro atoms. The van der Waals surface area contributed by atoms with Crippen molar-refractivity contribution in [2.24, 2.45) is 0 Å². The van der Waals surface area contributed by atoms with Crippen molar-refractivity contribution >= 4 is 81.7 Å². The van der Waals surface area contributed by atoms with Gasteiger partial charge < -0.3 is 4.90 Å². The van der Waals surface area contributed by atoms with E-state index in [2.05, 4.69) is 150 Å². The minimum atomic E-state index is 0.775. The van der Waals surface area contributed by atoms with Gasteiger partial charge in [-0.15, -0.1) is 11.3 Å². The van der Waals surface area contributed by atoms with E-state index >= 15 is 0 Å². The van der Waals surface area contributed by atoms with E-state index in [-0.39, 0.29) is 0 Å². The summed E-state index contributed by atoms with van der Waals surface area (Å²) < 4.78 is 2.38. The first-order valence-electron chi connectivity index (χ1n) is 13.7. The Hall–Kier alpha value is -4.63. The fourth-order valence-electron chi connectivity index (χ4n) is 5.84. The van der Waals surface area contributed by atoms with Crippen LogP contribution in [0.5, 0.6) is 0 Å². The van der Waals surface area contributed by atoms with Crippen molar-refractivity contribution in [1.29, 1.82) is 0 Å². The van der Waals surface area contributed by atoms with Crippen LogP contribution in [0.1, 0.15) is 0 Å². The van der Waals surface area contributed by atoms with Crippen LogP contribution in [0.3, 0.4) is 0 Å². The van der Waals surface area contributed by atoms with Gasteiger partial charge in [-0.05, 0) is 87.3 Å². The fraction of sp³-hybridized carbons (Fsp3) is 0. The van der Waals surface area contributed by atoms with Gasteiger partial charge in [-0.3, -0.25) is 0 Å². The molecular formula is C38H24ClNS. The van der Waals surface area contributed by atoms with Crippen molar-refractivity contribution in [3.05, 3.63) is 151 Å². The van der Waals surface area contributed by atoms with Crippen molar-refractivity contribution in [1.82, 2.24) is 0 Å². The molecule has 0 aliphatic heterocycles. The average molecular weight is 562 g/mol. The highest BCUT2D eigenvalue weighted by Gasteiger charge is 2.18. The molecule has 0 saturated heterocycles. The summed E-state index contributed by atoms with van der Waals surface area (Å²) in [5, 5.41) is 8.11. The molecule has 8 rings (SSSR count). The molecule has 1 aromatic heterocycles. The topological polar surface area (TPSA) is 3.24 Å².